The minimum absolute atomic E-state index is 0.202. The van der Waals surface area contributed by atoms with E-state index in [1.807, 2.05) is 19.1 Å². The van der Waals surface area contributed by atoms with E-state index in [1.54, 1.807) is 30.5 Å². The number of anilines is 1. The molecule has 0 spiro atoms. The molecular weight excluding hydrogens is 334 g/mol. The Morgan fingerprint density at radius 2 is 1.91 bits per heavy atom. The van der Waals surface area contributed by atoms with E-state index in [0.717, 1.165) is 21.2 Å². The van der Waals surface area contributed by atoms with Crippen LogP contribution >= 0.6 is 11.3 Å². The number of ether oxygens (including phenoxy) is 1. The molecule has 2 aromatic rings. The van der Waals surface area contributed by atoms with Gasteiger partial charge in [-0.3, -0.25) is 9.10 Å². The largest absolute Gasteiger partial charge is 0.465 e. The SMILES string of the molecule is CCOC(=O)CN(c1ccccc1CC)S(=O)(=O)c1cccs1. The molecule has 0 bridgehead atoms. The average Bonchev–Trinajstić information content (AvgIpc) is 3.08. The van der Waals surface area contributed by atoms with Gasteiger partial charge in [0.2, 0.25) is 0 Å². The maximum absolute atomic E-state index is 12.9. The van der Waals surface area contributed by atoms with Gasteiger partial charge < -0.3 is 4.74 Å². The average molecular weight is 353 g/mol. The van der Waals surface area contributed by atoms with E-state index in [2.05, 4.69) is 0 Å². The Hall–Kier alpha value is -1.86. The van der Waals surface area contributed by atoms with Crippen molar-refractivity contribution in [2.75, 3.05) is 17.5 Å². The predicted octanol–water partition coefficient (Wildman–Crippen LogP) is 3.07. The highest BCUT2D eigenvalue weighted by molar-refractivity contribution is 7.94. The molecular formula is C16H19NO4S2. The van der Waals surface area contributed by atoms with Gasteiger partial charge in [-0.1, -0.05) is 31.2 Å². The molecule has 0 aliphatic carbocycles. The van der Waals surface area contributed by atoms with Gasteiger partial charge in [-0.05, 0) is 36.4 Å². The summed E-state index contributed by atoms with van der Waals surface area (Å²) in [6.45, 7) is 3.50. The second-order valence-corrected chi connectivity index (χ2v) is 7.77. The van der Waals surface area contributed by atoms with Crippen molar-refractivity contribution in [3.8, 4) is 0 Å². The van der Waals surface area contributed by atoms with Crippen LogP contribution in [-0.4, -0.2) is 27.5 Å². The summed E-state index contributed by atoms with van der Waals surface area (Å²) in [5.41, 5.74) is 1.37. The van der Waals surface area contributed by atoms with Crippen LogP contribution in [0.2, 0.25) is 0 Å². The van der Waals surface area contributed by atoms with E-state index < -0.39 is 16.0 Å². The number of esters is 1. The highest BCUT2D eigenvalue weighted by Gasteiger charge is 2.29. The van der Waals surface area contributed by atoms with E-state index in [1.165, 1.54) is 6.07 Å². The number of aryl methyl sites for hydroxylation is 1. The van der Waals surface area contributed by atoms with Crippen LogP contribution in [0.15, 0.2) is 46.0 Å². The maximum atomic E-state index is 12.9. The van der Waals surface area contributed by atoms with Crippen LogP contribution in [0.5, 0.6) is 0 Å². The summed E-state index contributed by atoms with van der Waals surface area (Å²) >= 11 is 1.13. The van der Waals surface area contributed by atoms with Crippen molar-refractivity contribution in [1.29, 1.82) is 0 Å². The van der Waals surface area contributed by atoms with Gasteiger partial charge in [0.15, 0.2) is 0 Å². The van der Waals surface area contributed by atoms with Crippen molar-refractivity contribution < 1.29 is 17.9 Å². The molecule has 0 saturated heterocycles. The molecule has 1 heterocycles. The molecule has 1 aromatic carbocycles. The van der Waals surface area contributed by atoms with Crippen LogP contribution in [0.25, 0.3) is 0 Å². The monoisotopic (exact) mass is 353 g/mol. The highest BCUT2D eigenvalue weighted by atomic mass is 32.2. The summed E-state index contributed by atoms with van der Waals surface area (Å²) in [7, 11) is -3.81. The number of benzene rings is 1. The lowest BCUT2D eigenvalue weighted by Crippen LogP contribution is -2.36. The number of rotatable bonds is 7. The smallest absolute Gasteiger partial charge is 0.326 e. The van der Waals surface area contributed by atoms with Crippen molar-refractivity contribution >= 4 is 33.0 Å². The molecule has 0 unspecified atom stereocenters. The summed E-state index contributed by atoms with van der Waals surface area (Å²) in [5.74, 6) is -0.571. The van der Waals surface area contributed by atoms with E-state index in [0.29, 0.717) is 12.1 Å². The van der Waals surface area contributed by atoms with Crippen molar-refractivity contribution in [3.63, 3.8) is 0 Å². The Morgan fingerprint density at radius 3 is 2.52 bits per heavy atom. The lowest BCUT2D eigenvalue weighted by molar-refractivity contribution is -0.141. The molecule has 0 amide bonds. The molecule has 124 valence electrons. The lowest BCUT2D eigenvalue weighted by atomic mass is 10.1. The molecule has 2 rings (SSSR count). The fraction of sp³-hybridized carbons (Fsp3) is 0.312. The molecule has 0 saturated carbocycles. The van der Waals surface area contributed by atoms with Crippen LogP contribution in [0.3, 0.4) is 0 Å². The molecule has 0 aliphatic heterocycles. The molecule has 0 atom stereocenters. The van der Waals surface area contributed by atoms with Gasteiger partial charge in [-0.25, -0.2) is 8.42 Å². The Balaban J connectivity index is 2.50. The topological polar surface area (TPSA) is 63.7 Å². The van der Waals surface area contributed by atoms with Crippen LogP contribution in [-0.2, 0) is 26.0 Å². The van der Waals surface area contributed by atoms with E-state index in [4.69, 9.17) is 4.74 Å². The second kappa shape index (κ2) is 7.61. The quantitative estimate of drug-likeness (QED) is 0.718. The van der Waals surface area contributed by atoms with Gasteiger partial charge in [-0.15, -0.1) is 11.3 Å². The number of thiophene rings is 1. The third-order valence-corrected chi connectivity index (χ3v) is 6.39. The third kappa shape index (κ3) is 3.92. The Labute approximate surface area is 140 Å². The number of para-hydroxylation sites is 1. The maximum Gasteiger partial charge on any atom is 0.326 e. The summed E-state index contributed by atoms with van der Waals surface area (Å²) in [6.07, 6.45) is 0.662. The molecule has 7 heteroatoms. The molecule has 1 aromatic heterocycles. The fourth-order valence-corrected chi connectivity index (χ4v) is 4.75. The first kappa shape index (κ1) is 17.5. The Kier molecular flexibility index (Phi) is 5.79. The summed E-state index contributed by atoms with van der Waals surface area (Å²) in [4.78, 5) is 11.9. The zero-order chi connectivity index (χ0) is 16.9. The van der Waals surface area contributed by atoms with Crippen LogP contribution in [0, 0.1) is 0 Å². The van der Waals surface area contributed by atoms with Crippen LogP contribution in [0.4, 0.5) is 5.69 Å². The number of carbonyl (C=O) groups is 1. The van der Waals surface area contributed by atoms with Crippen molar-refractivity contribution in [2.45, 2.75) is 24.5 Å². The van der Waals surface area contributed by atoms with Crippen LogP contribution < -0.4 is 4.31 Å². The Bertz CT molecular complexity index is 754. The minimum atomic E-state index is -3.81. The van der Waals surface area contributed by atoms with E-state index in [-0.39, 0.29) is 17.4 Å². The molecule has 23 heavy (non-hydrogen) atoms. The molecule has 0 N–H and O–H groups in total. The normalized spacial score (nSPS) is 11.2. The standard InChI is InChI=1S/C16H19NO4S2/c1-3-13-8-5-6-9-14(13)17(12-15(18)21-4-2)23(19,20)16-10-7-11-22-16/h5-11H,3-4,12H2,1-2H3. The van der Waals surface area contributed by atoms with Crippen LogP contribution in [0.1, 0.15) is 19.4 Å². The molecule has 0 fully saturated rings. The number of carbonyl (C=O) groups excluding carboxylic acids is 1. The first-order valence-corrected chi connectivity index (χ1v) is 9.62. The molecule has 0 aliphatic rings. The first-order chi connectivity index (χ1) is 11.0. The highest BCUT2D eigenvalue weighted by Crippen LogP contribution is 2.29. The summed E-state index contributed by atoms with van der Waals surface area (Å²) < 4.78 is 32.1. The molecule has 5 nitrogen and oxygen atoms in total. The zero-order valence-corrected chi connectivity index (χ0v) is 14.7. The van der Waals surface area contributed by atoms with Crippen molar-refractivity contribution in [2.24, 2.45) is 0 Å². The number of sulfonamides is 1. The van der Waals surface area contributed by atoms with E-state index >= 15 is 0 Å². The van der Waals surface area contributed by atoms with Crippen molar-refractivity contribution in [1.82, 2.24) is 0 Å². The molecule has 0 radical (unpaired) electrons. The van der Waals surface area contributed by atoms with E-state index in [9.17, 15) is 13.2 Å². The van der Waals surface area contributed by atoms with Gasteiger partial charge in [-0.2, -0.15) is 0 Å². The minimum Gasteiger partial charge on any atom is -0.465 e. The fourth-order valence-electron chi connectivity index (χ4n) is 2.20. The van der Waals surface area contributed by atoms with Gasteiger partial charge in [0.1, 0.15) is 10.8 Å². The summed E-state index contributed by atoms with van der Waals surface area (Å²) in [6, 6.07) is 10.4. The van der Waals surface area contributed by atoms with Gasteiger partial charge >= 0.3 is 5.97 Å². The second-order valence-electron chi connectivity index (χ2n) is 4.73. The predicted molar refractivity (Wildman–Crippen MR) is 91.3 cm³/mol. The van der Waals surface area contributed by atoms with Gasteiger partial charge in [0.05, 0.1) is 12.3 Å². The van der Waals surface area contributed by atoms with Crippen molar-refractivity contribution in [3.05, 3.63) is 47.3 Å². The number of hydrogen-bond acceptors (Lipinski definition) is 5. The Morgan fingerprint density at radius 1 is 1.17 bits per heavy atom. The lowest BCUT2D eigenvalue weighted by Gasteiger charge is -2.25. The zero-order valence-electron chi connectivity index (χ0n) is 13.1. The van der Waals surface area contributed by atoms with Gasteiger partial charge in [0, 0.05) is 0 Å². The third-order valence-electron chi connectivity index (χ3n) is 3.26. The first-order valence-electron chi connectivity index (χ1n) is 7.30. The van der Waals surface area contributed by atoms with Gasteiger partial charge in [0.25, 0.3) is 10.0 Å². The number of nitrogens with zero attached hydrogens (tertiary/aromatic N) is 1. The number of hydrogen-bond donors (Lipinski definition) is 0. The summed E-state index contributed by atoms with van der Waals surface area (Å²) in [5, 5.41) is 1.70.